The van der Waals surface area contributed by atoms with Gasteiger partial charge in [0.2, 0.25) is 11.8 Å². The Balaban J connectivity index is 1.59. The molecule has 1 aliphatic heterocycles. The van der Waals surface area contributed by atoms with Gasteiger partial charge in [0.1, 0.15) is 5.82 Å². The van der Waals surface area contributed by atoms with Crippen LogP contribution in [0.3, 0.4) is 0 Å². The van der Waals surface area contributed by atoms with Gasteiger partial charge in [-0.25, -0.2) is 4.39 Å². The lowest BCUT2D eigenvalue weighted by Crippen LogP contribution is -2.51. The fourth-order valence-electron chi connectivity index (χ4n) is 3.39. The largest absolute Gasteiger partial charge is 0.370 e. The normalized spacial score (nSPS) is 14.4. The van der Waals surface area contributed by atoms with Crippen LogP contribution in [0.4, 0.5) is 10.1 Å². The molecule has 158 valence electrons. The number of carbonyl (C=O) groups is 3. The Morgan fingerprint density at radius 1 is 0.933 bits per heavy atom. The van der Waals surface area contributed by atoms with Gasteiger partial charge >= 0.3 is 0 Å². The monoisotopic (exact) mass is 412 g/mol. The van der Waals surface area contributed by atoms with Crippen LogP contribution in [0.5, 0.6) is 0 Å². The highest BCUT2D eigenvalue weighted by atomic mass is 19.1. The van der Waals surface area contributed by atoms with E-state index in [2.05, 4.69) is 0 Å². The molecule has 0 radical (unpaired) electrons. The molecule has 0 bridgehead atoms. The zero-order chi connectivity index (χ0) is 21.5. The van der Waals surface area contributed by atoms with Crippen molar-refractivity contribution in [3.05, 3.63) is 66.0 Å². The van der Waals surface area contributed by atoms with Crippen molar-refractivity contribution in [2.75, 3.05) is 44.2 Å². The van der Waals surface area contributed by atoms with Crippen LogP contribution in [0.2, 0.25) is 0 Å². The number of carbonyl (C=O) groups excluding carboxylic acids is 3. The summed E-state index contributed by atoms with van der Waals surface area (Å²) in [5.41, 5.74) is 6.40. The maximum atomic E-state index is 13.2. The number of nitrogens with two attached hydrogens (primary N) is 1. The second-order valence-corrected chi connectivity index (χ2v) is 7.17. The topological polar surface area (TPSA) is 86.9 Å². The van der Waals surface area contributed by atoms with E-state index in [4.69, 9.17) is 5.73 Å². The number of primary amides is 1. The summed E-state index contributed by atoms with van der Waals surface area (Å²) < 4.78 is 13.2. The van der Waals surface area contributed by atoms with Crippen LogP contribution in [0.1, 0.15) is 16.8 Å². The lowest BCUT2D eigenvalue weighted by Gasteiger charge is -2.35. The Hall–Kier alpha value is -3.26. The molecule has 0 atom stereocenters. The van der Waals surface area contributed by atoms with E-state index < -0.39 is 11.7 Å². The van der Waals surface area contributed by atoms with E-state index in [-0.39, 0.29) is 31.3 Å². The van der Waals surface area contributed by atoms with Crippen LogP contribution in [-0.2, 0) is 9.59 Å². The molecule has 7 nitrogen and oxygen atoms in total. The second-order valence-electron chi connectivity index (χ2n) is 7.17. The van der Waals surface area contributed by atoms with Gasteiger partial charge in [-0.2, -0.15) is 0 Å². The van der Waals surface area contributed by atoms with Gasteiger partial charge in [0.25, 0.3) is 5.91 Å². The minimum atomic E-state index is -0.511. The number of hydrogen-bond acceptors (Lipinski definition) is 4. The summed E-state index contributed by atoms with van der Waals surface area (Å²) in [6.07, 6.45) is 0.0163. The molecule has 0 aromatic heterocycles. The van der Waals surface area contributed by atoms with Crippen LogP contribution >= 0.6 is 0 Å². The highest BCUT2D eigenvalue weighted by Gasteiger charge is 2.25. The number of halogens is 1. The Kier molecular flexibility index (Phi) is 7.13. The summed E-state index contributed by atoms with van der Waals surface area (Å²) in [7, 11) is 0. The molecule has 0 aliphatic carbocycles. The predicted octanol–water partition coefficient (Wildman–Crippen LogP) is 1.49. The van der Waals surface area contributed by atoms with E-state index in [1.807, 2.05) is 23.1 Å². The van der Waals surface area contributed by atoms with E-state index in [0.717, 1.165) is 0 Å². The Morgan fingerprint density at radius 3 is 2.17 bits per heavy atom. The summed E-state index contributed by atoms with van der Waals surface area (Å²) in [6, 6.07) is 14.7. The molecular weight excluding hydrogens is 387 g/mol. The SMILES string of the molecule is NC(=O)CCN(C(=O)CN1CCN(C(=O)c2ccccc2)CC1)c1ccc(F)cc1. The van der Waals surface area contributed by atoms with E-state index in [1.54, 1.807) is 17.0 Å². The van der Waals surface area contributed by atoms with Gasteiger partial charge in [-0.15, -0.1) is 0 Å². The Labute approximate surface area is 174 Å². The highest BCUT2D eigenvalue weighted by molar-refractivity contribution is 5.96. The average Bonchev–Trinajstić information content (AvgIpc) is 2.75. The molecule has 1 fully saturated rings. The predicted molar refractivity (Wildman–Crippen MR) is 111 cm³/mol. The third kappa shape index (κ3) is 5.64. The number of anilines is 1. The Morgan fingerprint density at radius 2 is 1.57 bits per heavy atom. The van der Waals surface area contributed by atoms with Crippen molar-refractivity contribution in [1.82, 2.24) is 9.80 Å². The van der Waals surface area contributed by atoms with Crippen LogP contribution in [0, 0.1) is 5.82 Å². The third-order valence-corrected chi connectivity index (χ3v) is 5.06. The molecule has 3 amide bonds. The Bertz CT molecular complexity index is 881. The standard InChI is InChI=1S/C22H25FN4O3/c23-18-6-8-19(9-7-18)27(11-10-20(24)28)21(29)16-25-12-14-26(15-13-25)22(30)17-4-2-1-3-5-17/h1-9H,10-16H2,(H2,24,28). The van der Waals surface area contributed by atoms with Crippen LogP contribution in [0.15, 0.2) is 54.6 Å². The van der Waals surface area contributed by atoms with Gasteiger partial charge in [-0.1, -0.05) is 18.2 Å². The molecule has 0 spiro atoms. The number of nitrogens with zero attached hydrogens (tertiary/aromatic N) is 3. The first kappa shape index (κ1) is 21.4. The maximum Gasteiger partial charge on any atom is 0.253 e. The molecule has 8 heteroatoms. The average molecular weight is 412 g/mol. The van der Waals surface area contributed by atoms with Crippen molar-refractivity contribution < 1.29 is 18.8 Å². The zero-order valence-corrected chi connectivity index (χ0v) is 16.7. The molecular formula is C22H25FN4O3. The lowest BCUT2D eigenvalue weighted by molar-refractivity contribution is -0.120. The van der Waals surface area contributed by atoms with Gasteiger partial charge < -0.3 is 15.5 Å². The molecule has 1 heterocycles. The first-order chi connectivity index (χ1) is 14.4. The van der Waals surface area contributed by atoms with Crippen molar-refractivity contribution in [2.45, 2.75) is 6.42 Å². The summed E-state index contributed by atoms with van der Waals surface area (Å²) >= 11 is 0. The quantitative estimate of drug-likeness (QED) is 0.747. The highest BCUT2D eigenvalue weighted by Crippen LogP contribution is 2.17. The minimum Gasteiger partial charge on any atom is -0.370 e. The van der Waals surface area contributed by atoms with Crippen LogP contribution in [-0.4, -0.2) is 66.8 Å². The summed E-state index contributed by atoms with van der Waals surface area (Å²) in [5, 5.41) is 0. The number of hydrogen-bond donors (Lipinski definition) is 1. The van der Waals surface area contributed by atoms with E-state index in [9.17, 15) is 18.8 Å². The van der Waals surface area contributed by atoms with Crippen molar-refractivity contribution in [3.63, 3.8) is 0 Å². The lowest BCUT2D eigenvalue weighted by atomic mass is 10.2. The molecule has 2 aromatic carbocycles. The van der Waals surface area contributed by atoms with Crippen LogP contribution < -0.4 is 10.6 Å². The maximum absolute atomic E-state index is 13.2. The molecule has 2 aromatic rings. The van der Waals surface area contributed by atoms with E-state index >= 15 is 0 Å². The summed E-state index contributed by atoms with van der Waals surface area (Å²) in [5.74, 6) is -1.13. The van der Waals surface area contributed by atoms with Crippen molar-refractivity contribution >= 4 is 23.4 Å². The van der Waals surface area contributed by atoms with Gasteiger partial charge in [0.05, 0.1) is 6.54 Å². The first-order valence-corrected chi connectivity index (χ1v) is 9.85. The molecule has 0 unspecified atom stereocenters. The smallest absolute Gasteiger partial charge is 0.253 e. The van der Waals surface area contributed by atoms with E-state index in [1.165, 1.54) is 29.2 Å². The molecule has 1 aliphatic rings. The molecule has 3 rings (SSSR count). The fourth-order valence-corrected chi connectivity index (χ4v) is 3.39. The summed E-state index contributed by atoms with van der Waals surface area (Å²) in [6.45, 7) is 2.46. The van der Waals surface area contributed by atoms with Gasteiger partial charge in [-0.3, -0.25) is 19.3 Å². The minimum absolute atomic E-state index is 0.0163. The molecule has 0 saturated carbocycles. The van der Waals surface area contributed by atoms with Crippen molar-refractivity contribution in [3.8, 4) is 0 Å². The number of rotatable bonds is 7. The molecule has 1 saturated heterocycles. The zero-order valence-electron chi connectivity index (χ0n) is 16.7. The number of piperazine rings is 1. The van der Waals surface area contributed by atoms with Gasteiger partial charge in [0, 0.05) is 50.4 Å². The molecule has 30 heavy (non-hydrogen) atoms. The number of benzene rings is 2. The van der Waals surface area contributed by atoms with Gasteiger partial charge in [0.15, 0.2) is 0 Å². The second kappa shape index (κ2) is 9.98. The fraction of sp³-hybridized carbons (Fsp3) is 0.318. The van der Waals surface area contributed by atoms with Crippen molar-refractivity contribution in [2.24, 2.45) is 5.73 Å². The van der Waals surface area contributed by atoms with Crippen LogP contribution in [0.25, 0.3) is 0 Å². The first-order valence-electron chi connectivity index (χ1n) is 9.85. The van der Waals surface area contributed by atoms with E-state index in [0.29, 0.717) is 37.4 Å². The van der Waals surface area contributed by atoms with Gasteiger partial charge in [-0.05, 0) is 36.4 Å². The van der Waals surface area contributed by atoms with Crippen molar-refractivity contribution in [1.29, 1.82) is 0 Å². The summed E-state index contributed by atoms with van der Waals surface area (Å²) in [4.78, 5) is 41.9. The molecule has 2 N–H and O–H groups in total. The number of amides is 3. The third-order valence-electron chi connectivity index (χ3n) is 5.06.